The molecule has 0 amide bonds. The van der Waals surface area contributed by atoms with Crippen molar-refractivity contribution in [2.75, 3.05) is 24.5 Å². The second-order valence-electron chi connectivity index (χ2n) is 5.16. The van der Waals surface area contributed by atoms with Crippen LogP contribution in [-0.2, 0) is 0 Å². The number of aliphatic hydroxyl groups excluding tert-OH is 1. The molecule has 3 heteroatoms. The fraction of sp³-hybridized carbons (Fsp3) is 0.600. The molecule has 0 radical (unpaired) electrons. The van der Waals surface area contributed by atoms with Crippen molar-refractivity contribution in [3.8, 4) is 0 Å². The Morgan fingerprint density at radius 3 is 2.72 bits per heavy atom. The molecule has 0 spiro atoms. The molecular formula is C15H24N2O. The third-order valence-corrected chi connectivity index (χ3v) is 3.49. The van der Waals surface area contributed by atoms with Gasteiger partial charge >= 0.3 is 0 Å². The van der Waals surface area contributed by atoms with Crippen LogP contribution in [0, 0.1) is 6.92 Å². The summed E-state index contributed by atoms with van der Waals surface area (Å²) < 4.78 is 0. The predicted octanol–water partition coefficient (Wildman–Crippen LogP) is 1.93. The van der Waals surface area contributed by atoms with Crippen molar-refractivity contribution in [1.29, 1.82) is 0 Å². The highest BCUT2D eigenvalue weighted by Crippen LogP contribution is 2.20. The minimum absolute atomic E-state index is 0.301. The molecule has 1 aliphatic carbocycles. The molecule has 0 aromatic heterocycles. The van der Waals surface area contributed by atoms with Crippen LogP contribution in [0.25, 0.3) is 0 Å². The zero-order valence-corrected chi connectivity index (χ0v) is 11.4. The maximum absolute atomic E-state index is 10.1. The van der Waals surface area contributed by atoms with Crippen molar-refractivity contribution in [3.63, 3.8) is 0 Å². The van der Waals surface area contributed by atoms with Crippen molar-refractivity contribution >= 4 is 5.69 Å². The summed E-state index contributed by atoms with van der Waals surface area (Å²) in [5.74, 6) is 0. The van der Waals surface area contributed by atoms with E-state index in [2.05, 4.69) is 48.3 Å². The first kappa shape index (κ1) is 13.4. The van der Waals surface area contributed by atoms with E-state index in [4.69, 9.17) is 0 Å². The van der Waals surface area contributed by atoms with Crippen LogP contribution in [0.3, 0.4) is 0 Å². The molecule has 1 fully saturated rings. The zero-order valence-electron chi connectivity index (χ0n) is 11.4. The van der Waals surface area contributed by atoms with Crippen LogP contribution in [0.1, 0.15) is 25.3 Å². The molecule has 0 aliphatic heterocycles. The van der Waals surface area contributed by atoms with E-state index in [9.17, 15) is 5.11 Å². The van der Waals surface area contributed by atoms with Gasteiger partial charge in [0, 0.05) is 31.4 Å². The Morgan fingerprint density at radius 2 is 2.11 bits per heavy atom. The molecule has 2 N–H and O–H groups in total. The van der Waals surface area contributed by atoms with Gasteiger partial charge in [0.2, 0.25) is 0 Å². The number of likely N-dealkylation sites (N-methyl/N-ethyl adjacent to an activating group) is 1. The van der Waals surface area contributed by atoms with E-state index in [1.54, 1.807) is 0 Å². The Labute approximate surface area is 110 Å². The molecule has 100 valence electrons. The maximum Gasteiger partial charge on any atom is 0.0839 e. The topological polar surface area (TPSA) is 35.5 Å². The van der Waals surface area contributed by atoms with Gasteiger partial charge in [-0.3, -0.25) is 0 Å². The summed E-state index contributed by atoms with van der Waals surface area (Å²) in [4.78, 5) is 2.24. The first-order chi connectivity index (χ1) is 8.70. The second-order valence-corrected chi connectivity index (χ2v) is 5.16. The molecule has 2 rings (SSSR count). The largest absolute Gasteiger partial charge is 0.390 e. The van der Waals surface area contributed by atoms with Gasteiger partial charge in [0.1, 0.15) is 0 Å². The minimum Gasteiger partial charge on any atom is -0.390 e. The second kappa shape index (κ2) is 6.21. The first-order valence-electron chi connectivity index (χ1n) is 6.92. The molecule has 0 heterocycles. The van der Waals surface area contributed by atoms with Crippen LogP contribution in [0.4, 0.5) is 5.69 Å². The Morgan fingerprint density at radius 1 is 1.39 bits per heavy atom. The van der Waals surface area contributed by atoms with Crippen molar-refractivity contribution in [3.05, 3.63) is 29.8 Å². The highest BCUT2D eigenvalue weighted by Gasteiger charge is 2.22. The van der Waals surface area contributed by atoms with Crippen molar-refractivity contribution in [1.82, 2.24) is 5.32 Å². The number of para-hydroxylation sites is 1. The summed E-state index contributed by atoms with van der Waals surface area (Å²) in [5, 5.41) is 13.5. The summed E-state index contributed by atoms with van der Waals surface area (Å²) >= 11 is 0. The molecule has 1 atom stereocenters. The predicted molar refractivity (Wildman–Crippen MR) is 76.1 cm³/mol. The number of nitrogens with one attached hydrogen (secondary N) is 1. The molecule has 3 nitrogen and oxygen atoms in total. The van der Waals surface area contributed by atoms with Crippen molar-refractivity contribution in [2.45, 2.75) is 38.8 Å². The number of hydrogen-bond donors (Lipinski definition) is 2. The van der Waals surface area contributed by atoms with Gasteiger partial charge in [-0.15, -0.1) is 0 Å². The molecular weight excluding hydrogens is 224 g/mol. The van der Waals surface area contributed by atoms with E-state index in [1.807, 2.05) is 0 Å². The lowest BCUT2D eigenvalue weighted by Crippen LogP contribution is -2.39. The minimum atomic E-state index is -0.301. The fourth-order valence-electron chi connectivity index (χ4n) is 2.23. The van der Waals surface area contributed by atoms with Gasteiger partial charge in [-0.05, 0) is 38.3 Å². The summed E-state index contributed by atoms with van der Waals surface area (Å²) in [6.45, 7) is 6.57. The highest BCUT2D eigenvalue weighted by atomic mass is 16.3. The van der Waals surface area contributed by atoms with Gasteiger partial charge < -0.3 is 15.3 Å². The standard InChI is InChI=1S/C15H24N2O/c1-3-17(15-7-5-4-6-12(15)2)11-14(18)10-16-13-8-9-13/h4-7,13-14,16,18H,3,8-11H2,1-2H3. The van der Waals surface area contributed by atoms with Crippen LogP contribution >= 0.6 is 0 Å². The normalized spacial score (nSPS) is 16.6. The van der Waals surface area contributed by atoms with Gasteiger partial charge in [-0.2, -0.15) is 0 Å². The first-order valence-corrected chi connectivity index (χ1v) is 6.92. The quantitative estimate of drug-likeness (QED) is 0.774. The van der Waals surface area contributed by atoms with Crippen LogP contribution in [0.15, 0.2) is 24.3 Å². The number of aryl methyl sites for hydroxylation is 1. The van der Waals surface area contributed by atoms with Gasteiger partial charge in [-0.1, -0.05) is 18.2 Å². The van der Waals surface area contributed by atoms with Crippen molar-refractivity contribution in [2.24, 2.45) is 0 Å². The van der Waals surface area contributed by atoms with E-state index in [0.29, 0.717) is 19.1 Å². The summed E-state index contributed by atoms with van der Waals surface area (Å²) in [7, 11) is 0. The fourth-order valence-corrected chi connectivity index (χ4v) is 2.23. The Hall–Kier alpha value is -1.06. The Balaban J connectivity index is 1.89. The van der Waals surface area contributed by atoms with Crippen LogP contribution < -0.4 is 10.2 Å². The number of rotatable bonds is 7. The lowest BCUT2D eigenvalue weighted by molar-refractivity contribution is 0.176. The Bertz CT molecular complexity index is 377. The maximum atomic E-state index is 10.1. The summed E-state index contributed by atoms with van der Waals surface area (Å²) in [6, 6.07) is 9.01. The molecule has 0 bridgehead atoms. The monoisotopic (exact) mass is 248 g/mol. The molecule has 1 aromatic carbocycles. The average Bonchev–Trinajstić information content (AvgIpc) is 3.18. The zero-order chi connectivity index (χ0) is 13.0. The van der Waals surface area contributed by atoms with Gasteiger partial charge in [-0.25, -0.2) is 0 Å². The summed E-state index contributed by atoms with van der Waals surface area (Å²) in [5.41, 5.74) is 2.49. The van der Waals surface area contributed by atoms with E-state index in [1.165, 1.54) is 24.1 Å². The van der Waals surface area contributed by atoms with E-state index in [0.717, 1.165) is 6.54 Å². The molecule has 1 saturated carbocycles. The van der Waals surface area contributed by atoms with Gasteiger partial charge in [0.15, 0.2) is 0 Å². The average molecular weight is 248 g/mol. The SMILES string of the molecule is CCN(CC(O)CNC1CC1)c1ccccc1C. The number of aliphatic hydroxyl groups is 1. The van der Waals surface area contributed by atoms with E-state index < -0.39 is 0 Å². The number of benzene rings is 1. The van der Waals surface area contributed by atoms with Gasteiger partial charge in [0.25, 0.3) is 0 Å². The lowest BCUT2D eigenvalue weighted by Gasteiger charge is -2.27. The third-order valence-electron chi connectivity index (χ3n) is 3.49. The molecule has 1 aliphatic rings. The molecule has 1 unspecified atom stereocenters. The van der Waals surface area contributed by atoms with Crippen LogP contribution in [0.2, 0.25) is 0 Å². The lowest BCUT2D eigenvalue weighted by atomic mass is 10.1. The van der Waals surface area contributed by atoms with E-state index >= 15 is 0 Å². The van der Waals surface area contributed by atoms with Crippen LogP contribution in [0.5, 0.6) is 0 Å². The van der Waals surface area contributed by atoms with Crippen LogP contribution in [-0.4, -0.2) is 36.9 Å². The smallest absolute Gasteiger partial charge is 0.0839 e. The molecule has 18 heavy (non-hydrogen) atoms. The third kappa shape index (κ3) is 3.72. The molecule has 1 aromatic rings. The summed E-state index contributed by atoms with van der Waals surface area (Å²) in [6.07, 6.45) is 2.23. The Kier molecular flexibility index (Phi) is 4.61. The van der Waals surface area contributed by atoms with Gasteiger partial charge in [0.05, 0.1) is 6.10 Å². The van der Waals surface area contributed by atoms with E-state index in [-0.39, 0.29) is 6.10 Å². The molecule has 0 saturated heterocycles. The van der Waals surface area contributed by atoms with Crippen molar-refractivity contribution < 1.29 is 5.11 Å². The highest BCUT2D eigenvalue weighted by molar-refractivity contribution is 5.52. The number of anilines is 1. The number of nitrogens with zero attached hydrogens (tertiary/aromatic N) is 1. The number of hydrogen-bond acceptors (Lipinski definition) is 3.